The Morgan fingerprint density at radius 2 is 2.14 bits per heavy atom. The maximum atomic E-state index is 12.5. The van der Waals surface area contributed by atoms with Gasteiger partial charge in [-0.15, -0.1) is 11.3 Å². The molecule has 0 amide bonds. The standard InChI is InChI=1S/C14H17F2N3OS/c1-2-11(18-7-9-8-19-14(17)21-9)10-5-3-4-6-12(10)20-13(15)16/h3-6,8,11,13,18H,2,7H2,1H3,(H2,17,19). The second-order valence-corrected chi connectivity index (χ2v) is 5.57. The fourth-order valence-electron chi connectivity index (χ4n) is 2.07. The van der Waals surface area contributed by atoms with Gasteiger partial charge < -0.3 is 15.8 Å². The summed E-state index contributed by atoms with van der Waals surface area (Å²) in [6.45, 7) is -0.265. The molecule has 1 unspecified atom stereocenters. The quantitative estimate of drug-likeness (QED) is 0.820. The Kier molecular flexibility index (Phi) is 5.46. The molecule has 0 saturated heterocycles. The van der Waals surface area contributed by atoms with Crippen molar-refractivity contribution in [1.29, 1.82) is 0 Å². The predicted octanol–water partition coefficient (Wildman–Crippen LogP) is 3.57. The highest BCUT2D eigenvalue weighted by molar-refractivity contribution is 7.15. The molecule has 2 aromatic rings. The molecular weight excluding hydrogens is 296 g/mol. The fourth-order valence-corrected chi connectivity index (χ4v) is 2.71. The summed E-state index contributed by atoms with van der Waals surface area (Å²) in [5, 5.41) is 3.83. The van der Waals surface area contributed by atoms with Crippen molar-refractivity contribution in [3.05, 3.63) is 40.9 Å². The molecule has 4 nitrogen and oxygen atoms in total. The van der Waals surface area contributed by atoms with Crippen molar-refractivity contribution in [3.8, 4) is 5.75 Å². The molecule has 0 radical (unpaired) electrons. The van der Waals surface area contributed by atoms with Crippen molar-refractivity contribution in [1.82, 2.24) is 10.3 Å². The molecule has 21 heavy (non-hydrogen) atoms. The number of aromatic nitrogens is 1. The molecule has 114 valence electrons. The SMILES string of the molecule is CCC(NCc1cnc(N)s1)c1ccccc1OC(F)F. The van der Waals surface area contributed by atoms with Crippen LogP contribution in [-0.2, 0) is 6.54 Å². The highest BCUT2D eigenvalue weighted by atomic mass is 32.1. The van der Waals surface area contributed by atoms with E-state index in [2.05, 4.69) is 15.0 Å². The number of nitrogens with one attached hydrogen (secondary N) is 1. The summed E-state index contributed by atoms with van der Waals surface area (Å²) < 4.78 is 29.5. The Labute approximate surface area is 126 Å². The zero-order valence-corrected chi connectivity index (χ0v) is 12.4. The van der Waals surface area contributed by atoms with Gasteiger partial charge in [0.05, 0.1) is 0 Å². The first-order chi connectivity index (χ1) is 10.1. The fraction of sp³-hybridized carbons (Fsp3) is 0.357. The van der Waals surface area contributed by atoms with E-state index in [0.29, 0.717) is 11.7 Å². The van der Waals surface area contributed by atoms with Gasteiger partial charge in [0.1, 0.15) is 5.75 Å². The van der Waals surface area contributed by atoms with Crippen LogP contribution >= 0.6 is 11.3 Å². The lowest BCUT2D eigenvalue weighted by atomic mass is 10.0. The van der Waals surface area contributed by atoms with Gasteiger partial charge in [0, 0.05) is 29.2 Å². The smallest absolute Gasteiger partial charge is 0.387 e. The molecule has 1 aromatic heterocycles. The molecule has 0 bridgehead atoms. The van der Waals surface area contributed by atoms with E-state index in [0.717, 1.165) is 16.9 Å². The first-order valence-corrected chi connectivity index (χ1v) is 7.39. The first kappa shape index (κ1) is 15.7. The van der Waals surface area contributed by atoms with Crippen LogP contribution in [0.25, 0.3) is 0 Å². The van der Waals surface area contributed by atoms with Crippen LogP contribution in [0.5, 0.6) is 5.75 Å². The molecule has 1 atom stereocenters. The van der Waals surface area contributed by atoms with E-state index in [1.807, 2.05) is 13.0 Å². The maximum Gasteiger partial charge on any atom is 0.387 e. The molecule has 1 heterocycles. The van der Waals surface area contributed by atoms with Crippen molar-refractivity contribution >= 4 is 16.5 Å². The lowest BCUT2D eigenvalue weighted by molar-refractivity contribution is -0.0507. The number of hydrogen-bond acceptors (Lipinski definition) is 5. The Morgan fingerprint density at radius 3 is 2.76 bits per heavy atom. The summed E-state index contributed by atoms with van der Waals surface area (Å²) in [4.78, 5) is 4.98. The summed E-state index contributed by atoms with van der Waals surface area (Å²) in [6, 6.07) is 6.75. The van der Waals surface area contributed by atoms with Gasteiger partial charge in [-0.2, -0.15) is 8.78 Å². The van der Waals surface area contributed by atoms with E-state index in [9.17, 15) is 8.78 Å². The molecule has 0 aliphatic heterocycles. The highest BCUT2D eigenvalue weighted by Crippen LogP contribution is 2.29. The van der Waals surface area contributed by atoms with Crippen LogP contribution in [0.2, 0.25) is 0 Å². The topological polar surface area (TPSA) is 60.2 Å². The number of ether oxygens (including phenoxy) is 1. The maximum absolute atomic E-state index is 12.5. The van der Waals surface area contributed by atoms with E-state index in [1.54, 1.807) is 24.4 Å². The van der Waals surface area contributed by atoms with Gasteiger partial charge in [-0.05, 0) is 12.5 Å². The van der Waals surface area contributed by atoms with Gasteiger partial charge in [0.2, 0.25) is 0 Å². The second-order valence-electron chi connectivity index (χ2n) is 4.42. The zero-order chi connectivity index (χ0) is 15.2. The van der Waals surface area contributed by atoms with Crippen LogP contribution in [0.3, 0.4) is 0 Å². The van der Waals surface area contributed by atoms with Crippen LogP contribution < -0.4 is 15.8 Å². The Morgan fingerprint density at radius 1 is 1.38 bits per heavy atom. The number of para-hydroxylation sites is 1. The van der Waals surface area contributed by atoms with Gasteiger partial charge in [-0.25, -0.2) is 4.98 Å². The number of rotatable bonds is 7. The lowest BCUT2D eigenvalue weighted by Crippen LogP contribution is -2.21. The Bertz CT molecular complexity index is 577. The molecule has 0 aliphatic carbocycles. The number of alkyl halides is 2. The normalized spacial score (nSPS) is 12.6. The van der Waals surface area contributed by atoms with E-state index >= 15 is 0 Å². The van der Waals surface area contributed by atoms with Crippen molar-refractivity contribution in [3.63, 3.8) is 0 Å². The number of nitrogens with zero attached hydrogens (tertiary/aromatic N) is 1. The summed E-state index contributed by atoms with van der Waals surface area (Å²) in [5.41, 5.74) is 6.30. The van der Waals surface area contributed by atoms with E-state index in [1.165, 1.54) is 11.3 Å². The third-order valence-corrected chi connectivity index (χ3v) is 3.84. The highest BCUT2D eigenvalue weighted by Gasteiger charge is 2.16. The molecule has 0 saturated carbocycles. The minimum absolute atomic E-state index is 0.0803. The zero-order valence-electron chi connectivity index (χ0n) is 11.6. The summed E-state index contributed by atoms with van der Waals surface area (Å²) >= 11 is 1.40. The molecule has 3 N–H and O–H groups in total. The van der Waals surface area contributed by atoms with Gasteiger partial charge in [-0.3, -0.25) is 0 Å². The van der Waals surface area contributed by atoms with Crippen LogP contribution in [0.1, 0.15) is 29.8 Å². The van der Waals surface area contributed by atoms with Gasteiger partial charge in [0.25, 0.3) is 0 Å². The molecular formula is C14H17F2N3OS. The monoisotopic (exact) mass is 313 g/mol. The van der Waals surface area contributed by atoms with Crippen LogP contribution in [0.4, 0.5) is 13.9 Å². The van der Waals surface area contributed by atoms with Crippen LogP contribution in [-0.4, -0.2) is 11.6 Å². The molecule has 7 heteroatoms. The first-order valence-electron chi connectivity index (χ1n) is 6.57. The molecule has 1 aromatic carbocycles. The minimum Gasteiger partial charge on any atom is -0.434 e. The van der Waals surface area contributed by atoms with E-state index in [-0.39, 0.29) is 11.8 Å². The molecule has 0 spiro atoms. The number of hydrogen-bond donors (Lipinski definition) is 2. The predicted molar refractivity (Wildman–Crippen MR) is 79.5 cm³/mol. The number of thiazole rings is 1. The minimum atomic E-state index is -2.83. The second kappa shape index (κ2) is 7.33. The Hall–Kier alpha value is -1.73. The average molecular weight is 313 g/mol. The summed E-state index contributed by atoms with van der Waals surface area (Å²) in [7, 11) is 0. The number of benzene rings is 1. The number of anilines is 1. The largest absolute Gasteiger partial charge is 0.434 e. The van der Waals surface area contributed by atoms with Crippen molar-refractivity contribution in [2.75, 3.05) is 5.73 Å². The number of nitrogen functional groups attached to an aromatic ring is 1. The van der Waals surface area contributed by atoms with Gasteiger partial charge in [-0.1, -0.05) is 25.1 Å². The molecule has 2 rings (SSSR count). The summed E-state index contributed by atoms with van der Waals surface area (Å²) in [6.07, 6.45) is 2.46. The van der Waals surface area contributed by atoms with Gasteiger partial charge in [0.15, 0.2) is 5.13 Å². The van der Waals surface area contributed by atoms with Crippen molar-refractivity contribution in [2.24, 2.45) is 0 Å². The van der Waals surface area contributed by atoms with Gasteiger partial charge >= 0.3 is 6.61 Å². The van der Waals surface area contributed by atoms with E-state index in [4.69, 9.17) is 5.73 Å². The number of halogens is 2. The third kappa shape index (κ3) is 4.37. The van der Waals surface area contributed by atoms with E-state index < -0.39 is 6.61 Å². The molecule has 0 aliphatic rings. The van der Waals surface area contributed by atoms with Crippen LogP contribution in [0, 0.1) is 0 Å². The third-order valence-electron chi connectivity index (χ3n) is 3.01. The summed E-state index contributed by atoms with van der Waals surface area (Å²) in [5.74, 6) is 0.204. The lowest BCUT2D eigenvalue weighted by Gasteiger charge is -2.20. The average Bonchev–Trinajstić information content (AvgIpc) is 2.86. The van der Waals surface area contributed by atoms with Crippen molar-refractivity contribution in [2.45, 2.75) is 32.5 Å². The van der Waals surface area contributed by atoms with Crippen LogP contribution in [0.15, 0.2) is 30.5 Å². The number of nitrogens with two attached hydrogens (primary N) is 1. The Balaban J connectivity index is 2.09. The molecule has 0 fully saturated rings. The van der Waals surface area contributed by atoms with Crippen molar-refractivity contribution < 1.29 is 13.5 Å².